The standard InChI is InChI=1S/C37H31N3/c1-38(30-14-6-2-7-15-30)31-22-24-35(25-23-31)40(34-20-12-5-13-21-34)37-28-26-36(27-29-37)39(32-16-8-3-9-17-32)33-18-10-4-11-19-33/h2-29H,1H3. The van der Waals surface area contributed by atoms with E-state index >= 15 is 0 Å². The molecule has 0 bridgehead atoms. The summed E-state index contributed by atoms with van der Waals surface area (Å²) in [6.07, 6.45) is 0. The second kappa shape index (κ2) is 11.6. The maximum atomic E-state index is 2.30. The molecular weight excluding hydrogens is 486 g/mol. The molecule has 0 aromatic heterocycles. The minimum absolute atomic E-state index is 1.10. The predicted octanol–water partition coefficient (Wildman–Crippen LogP) is 10.4. The van der Waals surface area contributed by atoms with E-state index in [4.69, 9.17) is 0 Å². The fraction of sp³-hybridized carbons (Fsp3) is 0.0270. The summed E-state index contributed by atoms with van der Waals surface area (Å²) in [5, 5.41) is 0. The van der Waals surface area contributed by atoms with Crippen LogP contribution in [0.15, 0.2) is 170 Å². The van der Waals surface area contributed by atoms with Crippen LogP contribution in [-0.2, 0) is 0 Å². The summed E-state index contributed by atoms with van der Waals surface area (Å²) in [7, 11) is 2.10. The van der Waals surface area contributed by atoms with Gasteiger partial charge < -0.3 is 14.7 Å². The lowest BCUT2D eigenvalue weighted by molar-refractivity contribution is 1.20. The molecule has 0 aliphatic rings. The van der Waals surface area contributed by atoms with E-state index < -0.39 is 0 Å². The van der Waals surface area contributed by atoms with Crippen molar-refractivity contribution < 1.29 is 0 Å². The molecule has 0 N–H and O–H groups in total. The van der Waals surface area contributed by atoms with Crippen molar-refractivity contribution >= 4 is 45.5 Å². The van der Waals surface area contributed by atoms with Gasteiger partial charge in [-0.2, -0.15) is 0 Å². The Hall–Kier alpha value is -5.28. The molecule has 40 heavy (non-hydrogen) atoms. The molecule has 194 valence electrons. The van der Waals surface area contributed by atoms with E-state index in [0.29, 0.717) is 0 Å². The Labute approximate surface area is 236 Å². The Morgan fingerprint density at radius 1 is 0.250 bits per heavy atom. The van der Waals surface area contributed by atoms with Gasteiger partial charge in [0.15, 0.2) is 0 Å². The van der Waals surface area contributed by atoms with Crippen LogP contribution in [0.3, 0.4) is 0 Å². The van der Waals surface area contributed by atoms with Crippen molar-refractivity contribution in [1.82, 2.24) is 0 Å². The van der Waals surface area contributed by atoms with Crippen LogP contribution in [0.4, 0.5) is 45.5 Å². The molecule has 0 spiro atoms. The van der Waals surface area contributed by atoms with Gasteiger partial charge >= 0.3 is 0 Å². The summed E-state index contributed by atoms with van der Waals surface area (Å²) < 4.78 is 0. The Balaban J connectivity index is 1.36. The highest BCUT2D eigenvalue weighted by Gasteiger charge is 2.16. The van der Waals surface area contributed by atoms with Gasteiger partial charge in [-0.25, -0.2) is 0 Å². The SMILES string of the molecule is CN(c1ccccc1)c1ccc(N(c2ccccc2)c2ccc(N(c3ccccc3)c3ccccc3)cc2)cc1. The Morgan fingerprint density at radius 3 is 0.750 bits per heavy atom. The molecule has 0 saturated heterocycles. The zero-order chi connectivity index (χ0) is 27.1. The molecule has 0 fully saturated rings. The summed E-state index contributed by atoms with van der Waals surface area (Å²) in [5.74, 6) is 0. The third-order valence-corrected chi connectivity index (χ3v) is 7.05. The normalized spacial score (nSPS) is 10.6. The van der Waals surface area contributed by atoms with E-state index in [1.165, 1.54) is 0 Å². The number of nitrogens with zero attached hydrogens (tertiary/aromatic N) is 3. The number of para-hydroxylation sites is 4. The second-order valence-electron chi connectivity index (χ2n) is 9.60. The molecule has 3 heteroatoms. The fourth-order valence-corrected chi connectivity index (χ4v) is 5.00. The first kappa shape index (κ1) is 25.0. The highest BCUT2D eigenvalue weighted by atomic mass is 15.2. The third kappa shape index (κ3) is 5.31. The van der Waals surface area contributed by atoms with Crippen LogP contribution in [-0.4, -0.2) is 7.05 Å². The number of anilines is 8. The van der Waals surface area contributed by atoms with Gasteiger partial charge in [-0.15, -0.1) is 0 Å². The maximum absolute atomic E-state index is 2.30. The molecule has 0 amide bonds. The smallest absolute Gasteiger partial charge is 0.0463 e. The summed E-state index contributed by atoms with van der Waals surface area (Å²) in [5.41, 5.74) is 8.97. The molecule has 0 unspecified atom stereocenters. The molecule has 0 radical (unpaired) electrons. The van der Waals surface area contributed by atoms with E-state index in [1.54, 1.807) is 0 Å². The monoisotopic (exact) mass is 517 g/mol. The van der Waals surface area contributed by atoms with Crippen molar-refractivity contribution in [3.63, 3.8) is 0 Å². The largest absolute Gasteiger partial charge is 0.345 e. The third-order valence-electron chi connectivity index (χ3n) is 7.05. The van der Waals surface area contributed by atoms with Gasteiger partial charge in [-0.05, 0) is 97.1 Å². The molecule has 3 nitrogen and oxygen atoms in total. The van der Waals surface area contributed by atoms with Crippen LogP contribution in [0.5, 0.6) is 0 Å². The van der Waals surface area contributed by atoms with Gasteiger partial charge in [0.25, 0.3) is 0 Å². The maximum Gasteiger partial charge on any atom is 0.0463 e. The van der Waals surface area contributed by atoms with Crippen molar-refractivity contribution in [2.45, 2.75) is 0 Å². The minimum Gasteiger partial charge on any atom is -0.345 e. The molecule has 6 aromatic carbocycles. The van der Waals surface area contributed by atoms with Crippen LogP contribution in [0.25, 0.3) is 0 Å². The molecular formula is C37H31N3. The quantitative estimate of drug-likeness (QED) is 0.199. The van der Waals surface area contributed by atoms with Crippen molar-refractivity contribution in [2.24, 2.45) is 0 Å². The highest BCUT2D eigenvalue weighted by molar-refractivity contribution is 5.81. The van der Waals surface area contributed by atoms with Crippen molar-refractivity contribution in [2.75, 3.05) is 21.7 Å². The first-order chi connectivity index (χ1) is 19.8. The number of benzene rings is 6. The molecule has 0 atom stereocenters. The van der Waals surface area contributed by atoms with Crippen molar-refractivity contribution in [1.29, 1.82) is 0 Å². The molecule has 0 aliphatic heterocycles. The highest BCUT2D eigenvalue weighted by Crippen LogP contribution is 2.39. The van der Waals surface area contributed by atoms with Gasteiger partial charge in [-0.1, -0.05) is 72.8 Å². The van der Waals surface area contributed by atoms with E-state index in [1.807, 2.05) is 6.07 Å². The molecule has 0 saturated carbocycles. The molecule has 0 aliphatic carbocycles. The zero-order valence-corrected chi connectivity index (χ0v) is 22.5. The van der Waals surface area contributed by atoms with E-state index in [0.717, 1.165) is 45.5 Å². The van der Waals surface area contributed by atoms with Crippen molar-refractivity contribution in [3.8, 4) is 0 Å². The van der Waals surface area contributed by atoms with Crippen LogP contribution in [0.1, 0.15) is 0 Å². The average Bonchev–Trinajstić information content (AvgIpc) is 3.04. The molecule has 6 aromatic rings. The van der Waals surface area contributed by atoms with Crippen LogP contribution in [0, 0.1) is 0 Å². The van der Waals surface area contributed by atoms with Gasteiger partial charge in [0.2, 0.25) is 0 Å². The summed E-state index contributed by atoms with van der Waals surface area (Å²) in [6.45, 7) is 0. The lowest BCUT2D eigenvalue weighted by atomic mass is 10.1. The zero-order valence-electron chi connectivity index (χ0n) is 22.5. The average molecular weight is 518 g/mol. The molecule has 6 rings (SSSR count). The summed E-state index contributed by atoms with van der Waals surface area (Å²) in [6, 6.07) is 59.5. The number of hydrogen-bond acceptors (Lipinski definition) is 3. The number of hydrogen-bond donors (Lipinski definition) is 0. The van der Waals surface area contributed by atoms with E-state index in [-0.39, 0.29) is 0 Å². The van der Waals surface area contributed by atoms with Gasteiger partial charge in [0.1, 0.15) is 0 Å². The van der Waals surface area contributed by atoms with Gasteiger partial charge in [0, 0.05) is 52.5 Å². The predicted molar refractivity (Wildman–Crippen MR) is 170 cm³/mol. The first-order valence-corrected chi connectivity index (χ1v) is 13.5. The van der Waals surface area contributed by atoms with Crippen LogP contribution >= 0.6 is 0 Å². The summed E-state index contributed by atoms with van der Waals surface area (Å²) >= 11 is 0. The Bertz CT molecular complexity index is 1580. The Kier molecular flexibility index (Phi) is 7.27. The van der Waals surface area contributed by atoms with E-state index in [2.05, 4.69) is 186 Å². The fourth-order valence-electron chi connectivity index (χ4n) is 5.00. The second-order valence-corrected chi connectivity index (χ2v) is 9.60. The Morgan fingerprint density at radius 2 is 0.450 bits per heavy atom. The van der Waals surface area contributed by atoms with Crippen LogP contribution in [0.2, 0.25) is 0 Å². The number of rotatable bonds is 8. The van der Waals surface area contributed by atoms with Gasteiger partial charge in [-0.3, -0.25) is 0 Å². The van der Waals surface area contributed by atoms with E-state index in [9.17, 15) is 0 Å². The topological polar surface area (TPSA) is 9.72 Å². The van der Waals surface area contributed by atoms with Gasteiger partial charge in [0.05, 0.1) is 0 Å². The van der Waals surface area contributed by atoms with Crippen molar-refractivity contribution in [3.05, 3.63) is 170 Å². The lowest BCUT2D eigenvalue weighted by Crippen LogP contribution is -2.13. The lowest BCUT2D eigenvalue weighted by Gasteiger charge is -2.28. The minimum atomic E-state index is 1.10. The van der Waals surface area contributed by atoms with Crippen LogP contribution < -0.4 is 14.7 Å². The summed E-state index contributed by atoms with van der Waals surface area (Å²) in [4.78, 5) is 6.78. The first-order valence-electron chi connectivity index (χ1n) is 13.5. The molecule has 0 heterocycles.